The molecule has 0 bridgehead atoms. The lowest BCUT2D eigenvalue weighted by molar-refractivity contribution is -0.139. The third-order valence-electron chi connectivity index (χ3n) is 3.57. The number of carboxylic acids is 1. The lowest BCUT2D eigenvalue weighted by Crippen LogP contribution is -2.50. The van der Waals surface area contributed by atoms with Gasteiger partial charge in [0.15, 0.2) is 0 Å². The highest BCUT2D eigenvalue weighted by Gasteiger charge is 2.24. The van der Waals surface area contributed by atoms with Gasteiger partial charge in [0.2, 0.25) is 0 Å². The first-order valence-electron chi connectivity index (χ1n) is 7.94. The van der Waals surface area contributed by atoms with Gasteiger partial charge >= 0.3 is 12.0 Å². The van der Waals surface area contributed by atoms with Crippen LogP contribution in [0, 0.1) is 0 Å². The van der Waals surface area contributed by atoms with E-state index >= 15 is 0 Å². The van der Waals surface area contributed by atoms with Crippen LogP contribution in [0.15, 0.2) is 30.3 Å². The molecule has 1 rings (SSSR count). The van der Waals surface area contributed by atoms with Gasteiger partial charge in [0.1, 0.15) is 19.1 Å². The Kier molecular flexibility index (Phi) is 9.53. The molecule has 0 aliphatic carbocycles. The number of aliphatic carboxylic acids is 1. The second kappa shape index (κ2) is 11.4. The number of hydrogen-bond acceptors (Lipinski definition) is 5. The zero-order chi connectivity index (χ0) is 18.7. The number of urea groups is 1. The molecular formula is C17H26N2O6. The van der Waals surface area contributed by atoms with Crippen molar-refractivity contribution in [1.29, 1.82) is 0 Å². The first-order chi connectivity index (χ1) is 12.0. The van der Waals surface area contributed by atoms with Gasteiger partial charge in [-0.25, -0.2) is 9.59 Å². The van der Waals surface area contributed by atoms with Gasteiger partial charge in [-0.05, 0) is 12.5 Å². The molecule has 1 aromatic rings. The molecule has 8 heteroatoms. The van der Waals surface area contributed by atoms with Crippen LogP contribution in [0.3, 0.4) is 0 Å². The van der Waals surface area contributed by atoms with Crippen LogP contribution in [-0.4, -0.2) is 68.4 Å². The van der Waals surface area contributed by atoms with Crippen LogP contribution in [0.5, 0.6) is 0 Å². The predicted octanol–water partition coefficient (Wildman–Crippen LogP) is 1.31. The minimum atomic E-state index is -1.10. The number of nitrogens with one attached hydrogen (secondary N) is 1. The van der Waals surface area contributed by atoms with Crippen molar-refractivity contribution in [1.82, 2.24) is 10.2 Å². The smallest absolute Gasteiger partial charge is 0.326 e. The van der Waals surface area contributed by atoms with E-state index in [1.54, 1.807) is 14.0 Å². The highest BCUT2D eigenvalue weighted by Crippen LogP contribution is 2.05. The maximum Gasteiger partial charge on any atom is 0.326 e. The molecule has 1 unspecified atom stereocenters. The molecule has 0 aliphatic heterocycles. The fraction of sp³-hybridized carbons (Fsp3) is 0.529. The molecule has 0 radical (unpaired) electrons. The monoisotopic (exact) mass is 354 g/mol. The fourth-order valence-electron chi connectivity index (χ4n) is 1.93. The Bertz CT molecular complexity index is 525. The van der Waals surface area contributed by atoms with E-state index in [0.29, 0.717) is 13.2 Å². The number of ether oxygens (including phenoxy) is 3. The van der Waals surface area contributed by atoms with Crippen LogP contribution in [0.1, 0.15) is 12.5 Å². The van der Waals surface area contributed by atoms with Crippen molar-refractivity contribution < 1.29 is 28.9 Å². The molecule has 0 saturated heterocycles. The van der Waals surface area contributed by atoms with Crippen LogP contribution in [0.2, 0.25) is 0 Å². The third-order valence-corrected chi connectivity index (χ3v) is 3.57. The Hall–Kier alpha value is -2.16. The molecular weight excluding hydrogens is 328 g/mol. The molecule has 2 atom stereocenters. The quantitative estimate of drug-likeness (QED) is 0.459. The first-order valence-corrected chi connectivity index (χ1v) is 7.94. The summed E-state index contributed by atoms with van der Waals surface area (Å²) < 4.78 is 15.4. The number of methoxy groups -OCH3 is 1. The van der Waals surface area contributed by atoms with E-state index in [0.717, 1.165) is 5.56 Å². The predicted molar refractivity (Wildman–Crippen MR) is 91.1 cm³/mol. The number of carboxylic acid groups (broad SMARTS) is 1. The Morgan fingerprint density at radius 2 is 1.92 bits per heavy atom. The molecule has 0 aromatic heterocycles. The molecule has 0 aliphatic rings. The van der Waals surface area contributed by atoms with Gasteiger partial charge in [0.25, 0.3) is 0 Å². The summed E-state index contributed by atoms with van der Waals surface area (Å²) in [4.78, 5) is 24.9. The molecule has 25 heavy (non-hydrogen) atoms. The second-order valence-corrected chi connectivity index (χ2v) is 5.43. The van der Waals surface area contributed by atoms with Crippen molar-refractivity contribution in [2.24, 2.45) is 0 Å². The number of hydrogen-bond donors (Lipinski definition) is 2. The van der Waals surface area contributed by atoms with Crippen LogP contribution in [-0.2, 0) is 25.4 Å². The Labute approximate surface area is 147 Å². The van der Waals surface area contributed by atoms with Crippen LogP contribution < -0.4 is 5.32 Å². The van der Waals surface area contributed by atoms with Crippen molar-refractivity contribution in [2.45, 2.75) is 25.6 Å². The molecule has 0 heterocycles. The van der Waals surface area contributed by atoms with Gasteiger partial charge in [0.05, 0.1) is 13.2 Å². The minimum absolute atomic E-state index is 0.00845. The van der Waals surface area contributed by atoms with Crippen molar-refractivity contribution in [3.8, 4) is 0 Å². The lowest BCUT2D eigenvalue weighted by atomic mass is 10.1. The Morgan fingerprint density at radius 1 is 1.24 bits per heavy atom. The normalized spacial score (nSPS) is 13.1. The van der Waals surface area contributed by atoms with Crippen molar-refractivity contribution in [3.63, 3.8) is 0 Å². The second-order valence-electron chi connectivity index (χ2n) is 5.43. The molecule has 140 valence electrons. The number of benzene rings is 1. The zero-order valence-electron chi connectivity index (χ0n) is 14.8. The topological polar surface area (TPSA) is 97.3 Å². The summed E-state index contributed by atoms with van der Waals surface area (Å²) in [6.45, 7) is 2.52. The minimum Gasteiger partial charge on any atom is -0.480 e. The maximum atomic E-state index is 12.2. The summed E-state index contributed by atoms with van der Waals surface area (Å²) in [7, 11) is 3.09. The average molecular weight is 354 g/mol. The molecule has 8 nitrogen and oxygen atoms in total. The summed E-state index contributed by atoms with van der Waals surface area (Å²) in [5.74, 6) is -1.10. The van der Waals surface area contributed by atoms with Gasteiger partial charge < -0.3 is 29.5 Å². The summed E-state index contributed by atoms with van der Waals surface area (Å²) in [6.07, 6.45) is -0.376. The third kappa shape index (κ3) is 7.97. The molecule has 1 aromatic carbocycles. The van der Waals surface area contributed by atoms with Gasteiger partial charge in [-0.3, -0.25) is 0 Å². The van der Waals surface area contributed by atoms with Crippen molar-refractivity contribution >= 4 is 12.0 Å². The van der Waals surface area contributed by atoms with E-state index in [4.69, 9.17) is 14.2 Å². The number of rotatable bonds is 11. The largest absolute Gasteiger partial charge is 0.480 e. The van der Waals surface area contributed by atoms with Crippen molar-refractivity contribution in [3.05, 3.63) is 35.9 Å². The van der Waals surface area contributed by atoms with Crippen LogP contribution in [0.4, 0.5) is 4.79 Å². The number of carbonyl (C=O) groups excluding carboxylic acids is 1. The van der Waals surface area contributed by atoms with E-state index in [1.807, 2.05) is 30.3 Å². The number of carbonyl (C=O) groups is 2. The Balaban J connectivity index is 2.48. The summed E-state index contributed by atoms with van der Waals surface area (Å²) in [5.41, 5.74) is 0.827. The number of nitrogens with zero attached hydrogens (tertiary/aromatic N) is 1. The van der Waals surface area contributed by atoms with E-state index in [1.165, 1.54) is 11.9 Å². The van der Waals surface area contributed by atoms with Gasteiger partial charge in [-0.2, -0.15) is 0 Å². The average Bonchev–Trinajstić information content (AvgIpc) is 2.60. The van der Waals surface area contributed by atoms with Crippen LogP contribution in [0.25, 0.3) is 0 Å². The summed E-state index contributed by atoms with van der Waals surface area (Å²) in [6, 6.07) is 7.56. The van der Waals surface area contributed by atoms with Gasteiger partial charge in [-0.15, -0.1) is 0 Å². The first kappa shape index (κ1) is 20.9. The molecule has 0 spiro atoms. The molecule has 0 fully saturated rings. The van der Waals surface area contributed by atoms with Crippen LogP contribution >= 0.6 is 0 Å². The fourth-order valence-corrected chi connectivity index (χ4v) is 1.93. The highest BCUT2D eigenvalue weighted by molar-refractivity contribution is 5.82. The van der Waals surface area contributed by atoms with E-state index in [9.17, 15) is 14.7 Å². The van der Waals surface area contributed by atoms with Gasteiger partial charge in [0, 0.05) is 20.6 Å². The standard InChI is InChI=1S/C17H26N2O6/c1-13(25-12-24-10-9-23-3)19(2)17(22)18-15(16(20)21)11-14-7-5-4-6-8-14/h4-8,13,15H,9-12H2,1-3H3,(H,18,22)(H,20,21)/t13?,15-/m0/s1. The maximum absolute atomic E-state index is 12.2. The van der Waals surface area contributed by atoms with Crippen molar-refractivity contribution in [2.75, 3.05) is 34.2 Å². The van der Waals surface area contributed by atoms with E-state index in [-0.39, 0.29) is 13.2 Å². The van der Waals surface area contributed by atoms with E-state index < -0.39 is 24.3 Å². The Morgan fingerprint density at radius 3 is 2.52 bits per heavy atom. The van der Waals surface area contributed by atoms with Gasteiger partial charge in [-0.1, -0.05) is 30.3 Å². The highest BCUT2D eigenvalue weighted by atomic mass is 16.7. The summed E-state index contributed by atoms with van der Waals surface area (Å²) in [5, 5.41) is 11.8. The SMILES string of the molecule is COCCOCOC(C)N(C)C(=O)N[C@@H](Cc1ccccc1)C(=O)O. The molecule has 0 saturated carbocycles. The number of amides is 2. The molecule has 2 N–H and O–H groups in total. The summed E-state index contributed by atoms with van der Waals surface area (Å²) >= 11 is 0. The lowest BCUT2D eigenvalue weighted by Gasteiger charge is -2.26. The molecule has 2 amide bonds. The van der Waals surface area contributed by atoms with E-state index in [2.05, 4.69) is 5.32 Å². The zero-order valence-corrected chi connectivity index (χ0v) is 14.8.